The van der Waals surface area contributed by atoms with Gasteiger partial charge in [0.15, 0.2) is 0 Å². The average Bonchev–Trinajstić information content (AvgIpc) is 2.70. The Kier molecular flexibility index (Phi) is 6.41. The van der Waals surface area contributed by atoms with Gasteiger partial charge in [-0.15, -0.1) is 0 Å². The van der Waals surface area contributed by atoms with Gasteiger partial charge in [-0.3, -0.25) is 4.79 Å². The monoisotopic (exact) mass is 416 g/mol. The van der Waals surface area contributed by atoms with Gasteiger partial charge in [0.25, 0.3) is 5.91 Å². The van der Waals surface area contributed by atoms with E-state index in [9.17, 15) is 13.2 Å². The van der Waals surface area contributed by atoms with Crippen molar-refractivity contribution in [2.75, 3.05) is 31.6 Å². The summed E-state index contributed by atoms with van der Waals surface area (Å²) in [5.74, 6) is -0.0583. The molecule has 2 aromatic carbocycles. The number of amides is 1. The summed E-state index contributed by atoms with van der Waals surface area (Å²) in [5, 5.41) is 3.01. The zero-order valence-electron chi connectivity index (χ0n) is 17.4. The van der Waals surface area contributed by atoms with Crippen molar-refractivity contribution in [3.63, 3.8) is 0 Å². The Hall–Kier alpha value is -2.22. The van der Waals surface area contributed by atoms with Crippen LogP contribution in [-0.2, 0) is 14.8 Å². The molecule has 1 saturated heterocycles. The van der Waals surface area contributed by atoms with Gasteiger partial charge in [-0.1, -0.05) is 38.1 Å². The van der Waals surface area contributed by atoms with Gasteiger partial charge in [0.2, 0.25) is 10.0 Å². The lowest BCUT2D eigenvalue weighted by molar-refractivity contribution is 0.0730. The van der Waals surface area contributed by atoms with Crippen molar-refractivity contribution in [1.82, 2.24) is 4.31 Å². The minimum absolute atomic E-state index is 0.129. The first-order valence-electron chi connectivity index (χ1n) is 9.81. The van der Waals surface area contributed by atoms with E-state index < -0.39 is 10.0 Å². The molecule has 0 atom stereocenters. The van der Waals surface area contributed by atoms with E-state index in [0.717, 1.165) is 22.4 Å². The molecule has 0 radical (unpaired) electrons. The van der Waals surface area contributed by atoms with Crippen LogP contribution in [0.5, 0.6) is 0 Å². The van der Waals surface area contributed by atoms with Gasteiger partial charge in [0, 0.05) is 24.3 Å². The minimum Gasteiger partial charge on any atom is -0.379 e. The van der Waals surface area contributed by atoms with E-state index in [-0.39, 0.29) is 16.7 Å². The van der Waals surface area contributed by atoms with Gasteiger partial charge in [-0.05, 0) is 48.6 Å². The van der Waals surface area contributed by atoms with Crippen LogP contribution in [0.25, 0.3) is 0 Å². The van der Waals surface area contributed by atoms with Crippen LogP contribution in [0.4, 0.5) is 5.69 Å². The van der Waals surface area contributed by atoms with E-state index in [0.29, 0.717) is 31.9 Å². The van der Waals surface area contributed by atoms with Crippen LogP contribution in [0.3, 0.4) is 0 Å². The smallest absolute Gasteiger partial charge is 0.255 e. The van der Waals surface area contributed by atoms with Crippen LogP contribution in [0.1, 0.15) is 46.8 Å². The van der Waals surface area contributed by atoms with Crippen LogP contribution >= 0.6 is 0 Å². The summed E-state index contributed by atoms with van der Waals surface area (Å²) < 4.78 is 32.6. The Balaban J connectivity index is 1.94. The number of rotatable bonds is 5. The highest BCUT2D eigenvalue weighted by molar-refractivity contribution is 7.89. The molecule has 2 aromatic rings. The van der Waals surface area contributed by atoms with Crippen LogP contribution < -0.4 is 5.32 Å². The minimum atomic E-state index is -3.66. The largest absolute Gasteiger partial charge is 0.379 e. The zero-order valence-corrected chi connectivity index (χ0v) is 18.2. The SMILES string of the molecule is Cc1ccc(S(=O)(=O)N2CCOCC2)cc1C(=O)Nc1c(C)cccc1C(C)C. The molecule has 156 valence electrons. The Bertz CT molecular complexity index is 1010. The Morgan fingerprint density at radius 2 is 1.76 bits per heavy atom. The molecule has 1 N–H and O–H groups in total. The summed E-state index contributed by atoms with van der Waals surface area (Å²) in [5.41, 5.74) is 3.89. The molecule has 7 heteroatoms. The predicted octanol–water partition coefficient (Wildman–Crippen LogP) is 3.70. The predicted molar refractivity (Wildman–Crippen MR) is 114 cm³/mol. The lowest BCUT2D eigenvalue weighted by Crippen LogP contribution is -2.40. The number of nitrogens with zero attached hydrogens (tertiary/aromatic N) is 1. The summed E-state index contributed by atoms with van der Waals surface area (Å²) in [6, 6.07) is 10.6. The number of carbonyl (C=O) groups excluding carboxylic acids is 1. The molecule has 0 bridgehead atoms. The maximum absolute atomic E-state index is 13.1. The van der Waals surface area contributed by atoms with Crippen molar-refractivity contribution in [2.24, 2.45) is 0 Å². The van der Waals surface area contributed by atoms with Crippen LogP contribution in [0, 0.1) is 13.8 Å². The normalized spacial score (nSPS) is 15.5. The number of hydrogen-bond acceptors (Lipinski definition) is 4. The van der Waals surface area contributed by atoms with Gasteiger partial charge in [0.1, 0.15) is 0 Å². The second-order valence-electron chi connectivity index (χ2n) is 7.64. The van der Waals surface area contributed by atoms with Gasteiger partial charge < -0.3 is 10.1 Å². The summed E-state index contributed by atoms with van der Waals surface area (Å²) in [6.07, 6.45) is 0. The first-order chi connectivity index (χ1) is 13.7. The van der Waals surface area contributed by atoms with E-state index in [2.05, 4.69) is 19.2 Å². The third kappa shape index (κ3) is 4.52. The number of ether oxygens (including phenoxy) is 1. The number of morpholine rings is 1. The molecule has 0 saturated carbocycles. The van der Waals surface area contributed by atoms with Crippen molar-refractivity contribution in [3.8, 4) is 0 Å². The van der Waals surface area contributed by atoms with E-state index in [1.807, 2.05) is 25.1 Å². The van der Waals surface area contributed by atoms with E-state index in [1.54, 1.807) is 19.1 Å². The quantitative estimate of drug-likeness (QED) is 0.806. The van der Waals surface area contributed by atoms with E-state index >= 15 is 0 Å². The second kappa shape index (κ2) is 8.65. The molecule has 1 aliphatic rings. The second-order valence-corrected chi connectivity index (χ2v) is 9.58. The van der Waals surface area contributed by atoms with Crippen molar-refractivity contribution in [1.29, 1.82) is 0 Å². The summed E-state index contributed by atoms with van der Waals surface area (Å²) in [7, 11) is -3.66. The summed E-state index contributed by atoms with van der Waals surface area (Å²) >= 11 is 0. The molecule has 1 heterocycles. The molecule has 1 fully saturated rings. The first-order valence-corrected chi connectivity index (χ1v) is 11.2. The summed E-state index contributed by atoms with van der Waals surface area (Å²) in [6.45, 7) is 9.30. The zero-order chi connectivity index (χ0) is 21.2. The number of nitrogens with one attached hydrogen (secondary N) is 1. The molecule has 1 amide bonds. The van der Waals surface area contributed by atoms with Gasteiger partial charge in [0.05, 0.1) is 18.1 Å². The number of carbonyl (C=O) groups is 1. The maximum atomic E-state index is 13.1. The van der Waals surface area contributed by atoms with Gasteiger partial charge in [-0.25, -0.2) is 8.42 Å². The third-order valence-electron chi connectivity index (χ3n) is 5.23. The Morgan fingerprint density at radius 1 is 1.07 bits per heavy atom. The van der Waals surface area contributed by atoms with Gasteiger partial charge in [-0.2, -0.15) is 4.31 Å². The Labute approximate surface area is 172 Å². The van der Waals surface area contributed by atoms with Gasteiger partial charge >= 0.3 is 0 Å². The lowest BCUT2D eigenvalue weighted by atomic mass is 9.97. The van der Waals surface area contributed by atoms with E-state index in [1.165, 1.54) is 10.4 Å². The molecule has 29 heavy (non-hydrogen) atoms. The molecule has 3 rings (SSSR count). The fourth-order valence-corrected chi connectivity index (χ4v) is 4.90. The number of aryl methyl sites for hydroxylation is 2. The lowest BCUT2D eigenvalue weighted by Gasteiger charge is -2.26. The first kappa shape index (κ1) is 21.5. The van der Waals surface area contributed by atoms with Crippen molar-refractivity contribution in [3.05, 3.63) is 58.7 Å². The highest BCUT2D eigenvalue weighted by Crippen LogP contribution is 2.28. The maximum Gasteiger partial charge on any atom is 0.255 e. The van der Waals surface area contributed by atoms with E-state index in [4.69, 9.17) is 4.74 Å². The van der Waals surface area contributed by atoms with Crippen molar-refractivity contribution < 1.29 is 17.9 Å². The van der Waals surface area contributed by atoms with Crippen molar-refractivity contribution >= 4 is 21.6 Å². The molecular weight excluding hydrogens is 388 g/mol. The fourth-order valence-electron chi connectivity index (χ4n) is 3.47. The molecular formula is C22H28N2O4S. The molecule has 0 aliphatic carbocycles. The average molecular weight is 417 g/mol. The van der Waals surface area contributed by atoms with Crippen LogP contribution in [-0.4, -0.2) is 44.9 Å². The highest BCUT2D eigenvalue weighted by Gasteiger charge is 2.27. The number of benzene rings is 2. The molecule has 6 nitrogen and oxygen atoms in total. The van der Waals surface area contributed by atoms with Crippen molar-refractivity contribution in [2.45, 2.75) is 38.5 Å². The summed E-state index contributed by atoms with van der Waals surface area (Å²) in [4.78, 5) is 13.2. The number of para-hydroxylation sites is 1. The Morgan fingerprint density at radius 3 is 2.41 bits per heavy atom. The topological polar surface area (TPSA) is 75.7 Å². The number of anilines is 1. The molecule has 0 unspecified atom stereocenters. The van der Waals surface area contributed by atoms with Crippen LogP contribution in [0.2, 0.25) is 0 Å². The third-order valence-corrected chi connectivity index (χ3v) is 7.12. The molecule has 0 spiro atoms. The number of hydrogen-bond donors (Lipinski definition) is 1. The fraction of sp³-hybridized carbons (Fsp3) is 0.409. The molecule has 1 aliphatic heterocycles. The standard InChI is InChI=1S/C22H28N2O4S/c1-15(2)19-7-5-6-17(4)21(19)23-22(25)20-14-18(9-8-16(20)3)29(26,27)24-10-12-28-13-11-24/h5-9,14-15H,10-13H2,1-4H3,(H,23,25). The molecule has 0 aromatic heterocycles. The highest BCUT2D eigenvalue weighted by atomic mass is 32.2. The number of sulfonamides is 1. The van der Waals surface area contributed by atoms with Crippen LogP contribution in [0.15, 0.2) is 41.3 Å².